The molecular weight excluding hydrogens is 128 g/mol. The third-order valence-corrected chi connectivity index (χ3v) is 2.18. The van der Waals surface area contributed by atoms with Crippen molar-refractivity contribution in [2.45, 2.75) is 25.3 Å². The lowest BCUT2D eigenvalue weighted by Gasteiger charge is -2.23. The van der Waals surface area contributed by atoms with Crippen LogP contribution in [0.2, 0.25) is 0 Å². The van der Waals surface area contributed by atoms with Gasteiger partial charge in [-0.3, -0.25) is 4.79 Å². The fraction of sp³-hybridized carbons (Fsp3) is 0.714. The van der Waals surface area contributed by atoms with Gasteiger partial charge in [0.15, 0.2) is 0 Å². The number of carbonyl (C=O) groups excluding carboxylic acids is 1. The normalized spacial score (nSPS) is 32.5. The third-order valence-electron chi connectivity index (χ3n) is 2.18. The Balaban J connectivity index is 2.86. The zero-order valence-corrected chi connectivity index (χ0v) is 6.22. The van der Waals surface area contributed by atoms with Crippen molar-refractivity contribution in [2.24, 2.45) is 0 Å². The third kappa shape index (κ3) is 0.766. The Bertz CT molecular complexity index is 206. The van der Waals surface area contributed by atoms with E-state index in [0.29, 0.717) is 12.8 Å². The standard InChI is InChI=1S/C7H10N2O/c1-7(5-8)4-3-6(10)9(7)2/h3-4H2,1-2H3/t7-/m0/s1. The molecule has 1 aliphatic rings. The molecule has 0 aliphatic carbocycles. The van der Waals surface area contributed by atoms with Gasteiger partial charge in [0.1, 0.15) is 5.54 Å². The second kappa shape index (κ2) is 1.98. The summed E-state index contributed by atoms with van der Waals surface area (Å²) < 4.78 is 0. The first-order chi connectivity index (χ1) is 4.60. The Morgan fingerprint density at radius 1 is 1.80 bits per heavy atom. The van der Waals surface area contributed by atoms with Gasteiger partial charge in [0, 0.05) is 13.5 Å². The summed E-state index contributed by atoms with van der Waals surface area (Å²) in [6.07, 6.45) is 1.18. The lowest BCUT2D eigenvalue weighted by Crippen LogP contribution is -2.38. The highest BCUT2D eigenvalue weighted by Crippen LogP contribution is 2.26. The number of carbonyl (C=O) groups is 1. The van der Waals surface area contributed by atoms with Crippen molar-refractivity contribution in [1.82, 2.24) is 4.90 Å². The van der Waals surface area contributed by atoms with E-state index in [1.807, 2.05) is 0 Å². The molecule has 1 amide bonds. The van der Waals surface area contributed by atoms with Crippen molar-refractivity contribution in [1.29, 1.82) is 5.26 Å². The minimum Gasteiger partial charge on any atom is -0.327 e. The second-order valence-corrected chi connectivity index (χ2v) is 2.84. The topological polar surface area (TPSA) is 44.1 Å². The molecule has 1 atom stereocenters. The van der Waals surface area contributed by atoms with Crippen LogP contribution in [-0.2, 0) is 4.79 Å². The fourth-order valence-corrected chi connectivity index (χ4v) is 1.09. The molecular formula is C7H10N2O. The van der Waals surface area contributed by atoms with Crippen molar-refractivity contribution in [3.63, 3.8) is 0 Å². The summed E-state index contributed by atoms with van der Waals surface area (Å²) >= 11 is 0. The lowest BCUT2D eigenvalue weighted by atomic mass is 10.0. The minimum atomic E-state index is -0.545. The van der Waals surface area contributed by atoms with Crippen LogP contribution in [0.1, 0.15) is 19.8 Å². The first-order valence-electron chi connectivity index (χ1n) is 3.28. The number of hydrogen-bond acceptors (Lipinski definition) is 2. The van der Waals surface area contributed by atoms with Gasteiger partial charge in [-0.25, -0.2) is 0 Å². The van der Waals surface area contributed by atoms with Crippen LogP contribution in [0.15, 0.2) is 0 Å². The van der Waals surface area contributed by atoms with Crippen molar-refractivity contribution >= 4 is 5.91 Å². The molecule has 1 heterocycles. The first kappa shape index (κ1) is 7.07. The van der Waals surface area contributed by atoms with E-state index in [4.69, 9.17) is 5.26 Å². The van der Waals surface area contributed by atoms with Crippen molar-refractivity contribution in [3.05, 3.63) is 0 Å². The number of rotatable bonds is 0. The van der Waals surface area contributed by atoms with Gasteiger partial charge >= 0.3 is 0 Å². The Kier molecular flexibility index (Phi) is 1.40. The number of likely N-dealkylation sites (tertiary alicyclic amines) is 1. The monoisotopic (exact) mass is 138 g/mol. The summed E-state index contributed by atoms with van der Waals surface area (Å²) in [7, 11) is 1.68. The van der Waals surface area contributed by atoms with E-state index in [1.165, 1.54) is 4.90 Å². The molecule has 0 saturated carbocycles. The van der Waals surface area contributed by atoms with Gasteiger partial charge < -0.3 is 4.90 Å². The molecule has 0 spiro atoms. The quantitative estimate of drug-likeness (QED) is 0.490. The Hall–Kier alpha value is -1.04. The van der Waals surface area contributed by atoms with Crippen molar-refractivity contribution in [3.8, 4) is 6.07 Å². The molecule has 0 bridgehead atoms. The van der Waals surface area contributed by atoms with Gasteiger partial charge in [0.05, 0.1) is 6.07 Å². The van der Waals surface area contributed by atoms with Gasteiger partial charge in [0.25, 0.3) is 0 Å². The molecule has 10 heavy (non-hydrogen) atoms. The highest BCUT2D eigenvalue weighted by molar-refractivity contribution is 5.80. The van der Waals surface area contributed by atoms with Crippen LogP contribution in [-0.4, -0.2) is 23.4 Å². The van der Waals surface area contributed by atoms with E-state index in [2.05, 4.69) is 6.07 Å². The molecule has 0 unspecified atom stereocenters. The van der Waals surface area contributed by atoms with Crippen molar-refractivity contribution < 1.29 is 4.79 Å². The largest absolute Gasteiger partial charge is 0.327 e. The zero-order chi connectivity index (χ0) is 7.78. The summed E-state index contributed by atoms with van der Waals surface area (Å²) in [6, 6.07) is 2.13. The molecule has 3 heteroatoms. The summed E-state index contributed by atoms with van der Waals surface area (Å²) in [5.41, 5.74) is -0.545. The molecule has 1 fully saturated rings. The molecule has 0 radical (unpaired) electrons. The summed E-state index contributed by atoms with van der Waals surface area (Å²) in [5.74, 6) is 0.0732. The molecule has 1 rings (SSSR count). The van der Waals surface area contributed by atoms with E-state index < -0.39 is 5.54 Å². The van der Waals surface area contributed by atoms with E-state index in [0.717, 1.165) is 0 Å². The average molecular weight is 138 g/mol. The summed E-state index contributed by atoms with van der Waals surface area (Å²) in [4.78, 5) is 12.4. The maximum Gasteiger partial charge on any atom is 0.223 e. The molecule has 0 aromatic heterocycles. The van der Waals surface area contributed by atoms with Gasteiger partial charge in [-0.1, -0.05) is 0 Å². The molecule has 1 aliphatic heterocycles. The van der Waals surface area contributed by atoms with Gasteiger partial charge in [-0.05, 0) is 13.3 Å². The Morgan fingerprint density at radius 3 is 2.60 bits per heavy atom. The number of hydrogen-bond donors (Lipinski definition) is 0. The number of amides is 1. The number of nitriles is 1. The SMILES string of the molecule is CN1C(=O)CC[C@@]1(C)C#N. The van der Waals surface area contributed by atoms with Crippen LogP contribution in [0, 0.1) is 11.3 Å². The second-order valence-electron chi connectivity index (χ2n) is 2.84. The van der Waals surface area contributed by atoms with Crippen LogP contribution >= 0.6 is 0 Å². The Morgan fingerprint density at radius 2 is 2.40 bits per heavy atom. The molecule has 54 valence electrons. The summed E-state index contributed by atoms with van der Waals surface area (Å²) in [5, 5.41) is 8.67. The highest BCUT2D eigenvalue weighted by Gasteiger charge is 2.38. The highest BCUT2D eigenvalue weighted by atomic mass is 16.2. The van der Waals surface area contributed by atoms with Crippen LogP contribution in [0.4, 0.5) is 0 Å². The molecule has 0 aromatic rings. The molecule has 0 N–H and O–H groups in total. The zero-order valence-electron chi connectivity index (χ0n) is 6.22. The predicted molar refractivity (Wildman–Crippen MR) is 36.0 cm³/mol. The van der Waals surface area contributed by atoms with Gasteiger partial charge in [-0.15, -0.1) is 0 Å². The Labute approximate surface area is 60.2 Å². The average Bonchev–Trinajstić information content (AvgIpc) is 2.19. The van der Waals surface area contributed by atoms with Crippen LogP contribution in [0.25, 0.3) is 0 Å². The van der Waals surface area contributed by atoms with E-state index >= 15 is 0 Å². The molecule has 1 saturated heterocycles. The first-order valence-corrected chi connectivity index (χ1v) is 3.28. The minimum absolute atomic E-state index is 0.0732. The van der Waals surface area contributed by atoms with Gasteiger partial charge in [-0.2, -0.15) is 5.26 Å². The predicted octanol–water partition coefficient (Wildman–Crippen LogP) is 0.521. The van der Waals surface area contributed by atoms with E-state index in [-0.39, 0.29) is 5.91 Å². The maximum atomic E-state index is 10.9. The fourth-order valence-electron chi connectivity index (χ4n) is 1.09. The van der Waals surface area contributed by atoms with Crippen molar-refractivity contribution in [2.75, 3.05) is 7.05 Å². The summed E-state index contributed by atoms with van der Waals surface area (Å²) in [6.45, 7) is 1.79. The number of nitrogens with zero attached hydrogens (tertiary/aromatic N) is 2. The smallest absolute Gasteiger partial charge is 0.223 e. The van der Waals surface area contributed by atoms with E-state index in [9.17, 15) is 4.79 Å². The van der Waals surface area contributed by atoms with Gasteiger partial charge in [0.2, 0.25) is 5.91 Å². The molecule has 3 nitrogen and oxygen atoms in total. The van der Waals surface area contributed by atoms with Crippen LogP contribution < -0.4 is 0 Å². The van der Waals surface area contributed by atoms with Crippen LogP contribution in [0.3, 0.4) is 0 Å². The molecule has 0 aromatic carbocycles. The van der Waals surface area contributed by atoms with Crippen LogP contribution in [0.5, 0.6) is 0 Å². The lowest BCUT2D eigenvalue weighted by molar-refractivity contribution is -0.128. The van der Waals surface area contributed by atoms with E-state index in [1.54, 1.807) is 14.0 Å². The maximum absolute atomic E-state index is 10.9.